The van der Waals surface area contributed by atoms with Gasteiger partial charge in [-0.1, -0.05) is 13.8 Å². The highest BCUT2D eigenvalue weighted by atomic mass is 16.4. The Balaban J connectivity index is 2.83. The van der Waals surface area contributed by atoms with Gasteiger partial charge in [0.15, 0.2) is 0 Å². The zero-order valence-corrected chi connectivity index (χ0v) is 8.52. The molecule has 1 heterocycles. The first-order chi connectivity index (χ1) is 7.00. The molecular weight excluding hydrogens is 198 g/mol. The average Bonchev–Trinajstić information content (AvgIpc) is 2.13. The Morgan fingerprint density at radius 3 is 2.73 bits per heavy atom. The van der Waals surface area contributed by atoms with Crippen LogP contribution in [0, 0.1) is 5.92 Å². The molecule has 3 N–H and O–H groups in total. The average molecular weight is 211 g/mol. The number of anilines is 1. The highest BCUT2D eigenvalue weighted by Crippen LogP contribution is 2.08. The van der Waals surface area contributed by atoms with Crippen molar-refractivity contribution in [2.45, 2.75) is 19.9 Å². The number of carbonyl (C=O) groups is 1. The number of carboxylic acids is 1. The minimum Gasteiger partial charge on any atom is -0.480 e. The first-order valence-corrected chi connectivity index (χ1v) is 4.55. The molecule has 0 spiro atoms. The van der Waals surface area contributed by atoms with Gasteiger partial charge in [-0.2, -0.15) is 0 Å². The van der Waals surface area contributed by atoms with E-state index in [0.29, 0.717) is 5.82 Å². The van der Waals surface area contributed by atoms with Crippen molar-refractivity contribution in [1.82, 2.24) is 9.97 Å². The van der Waals surface area contributed by atoms with E-state index in [-0.39, 0.29) is 5.92 Å². The molecule has 0 fully saturated rings. The first-order valence-electron chi connectivity index (χ1n) is 4.55. The monoisotopic (exact) mass is 211 g/mol. The van der Waals surface area contributed by atoms with Crippen LogP contribution in [0.2, 0.25) is 0 Å². The lowest BCUT2D eigenvalue weighted by molar-refractivity contribution is -0.138. The summed E-state index contributed by atoms with van der Waals surface area (Å²) < 4.78 is 0. The second-order valence-electron chi connectivity index (χ2n) is 3.49. The lowest BCUT2D eigenvalue weighted by Crippen LogP contribution is -2.35. The van der Waals surface area contributed by atoms with Crippen molar-refractivity contribution in [2.75, 3.05) is 5.32 Å². The lowest BCUT2D eigenvalue weighted by Gasteiger charge is -2.18. The number of nitrogens with one attached hydrogen (secondary N) is 2. The van der Waals surface area contributed by atoms with E-state index in [1.165, 1.54) is 12.3 Å². The highest BCUT2D eigenvalue weighted by molar-refractivity contribution is 5.77. The van der Waals surface area contributed by atoms with Gasteiger partial charge in [-0.25, -0.2) is 14.6 Å². The van der Waals surface area contributed by atoms with E-state index < -0.39 is 17.7 Å². The molecule has 1 unspecified atom stereocenters. The summed E-state index contributed by atoms with van der Waals surface area (Å²) in [6, 6.07) is 0.780. The molecule has 0 aromatic carbocycles. The van der Waals surface area contributed by atoms with Gasteiger partial charge in [-0.05, 0) is 12.0 Å². The first kappa shape index (κ1) is 11.2. The van der Waals surface area contributed by atoms with E-state index in [4.69, 9.17) is 5.11 Å². The van der Waals surface area contributed by atoms with Crippen molar-refractivity contribution in [3.8, 4) is 0 Å². The van der Waals surface area contributed by atoms with Crippen LogP contribution in [0.1, 0.15) is 13.8 Å². The summed E-state index contributed by atoms with van der Waals surface area (Å²) in [5, 5.41) is 11.6. The van der Waals surface area contributed by atoms with Gasteiger partial charge in [0.25, 0.3) is 0 Å². The molecule has 6 nitrogen and oxygen atoms in total. The Labute approximate surface area is 86.4 Å². The van der Waals surface area contributed by atoms with Crippen molar-refractivity contribution >= 4 is 11.8 Å². The van der Waals surface area contributed by atoms with E-state index in [1.807, 2.05) is 0 Å². The van der Waals surface area contributed by atoms with Crippen molar-refractivity contribution < 1.29 is 9.90 Å². The summed E-state index contributed by atoms with van der Waals surface area (Å²) >= 11 is 0. The van der Waals surface area contributed by atoms with Crippen LogP contribution in [0.4, 0.5) is 5.82 Å². The molecule has 1 aromatic heterocycles. The smallest absolute Gasteiger partial charge is 0.346 e. The van der Waals surface area contributed by atoms with E-state index in [2.05, 4.69) is 15.3 Å². The van der Waals surface area contributed by atoms with Crippen LogP contribution in [-0.4, -0.2) is 27.1 Å². The summed E-state index contributed by atoms with van der Waals surface area (Å²) in [6.45, 7) is 3.57. The molecule has 1 rings (SSSR count). The topological polar surface area (TPSA) is 95.1 Å². The zero-order chi connectivity index (χ0) is 11.4. The maximum absolute atomic E-state index is 10.9. The van der Waals surface area contributed by atoms with Crippen LogP contribution in [0.3, 0.4) is 0 Å². The van der Waals surface area contributed by atoms with Crippen LogP contribution < -0.4 is 11.0 Å². The van der Waals surface area contributed by atoms with Crippen LogP contribution in [0.15, 0.2) is 17.1 Å². The van der Waals surface area contributed by atoms with Crippen LogP contribution in [0.5, 0.6) is 0 Å². The number of aromatic nitrogens is 2. The summed E-state index contributed by atoms with van der Waals surface area (Å²) in [6.07, 6.45) is 1.32. The number of aliphatic carboxylic acids is 1. The molecule has 0 aliphatic rings. The van der Waals surface area contributed by atoms with E-state index in [9.17, 15) is 9.59 Å². The fourth-order valence-corrected chi connectivity index (χ4v) is 1.13. The number of hydrogen-bond acceptors (Lipinski definition) is 4. The maximum Gasteiger partial charge on any atom is 0.346 e. The number of rotatable bonds is 4. The number of nitrogens with zero attached hydrogens (tertiary/aromatic N) is 1. The standard InChI is InChI=1S/C9H13N3O3/c1-5(2)7(8(13)14)11-6-3-4-10-9(15)12-6/h3-5,7H,1-2H3,(H,13,14)(H2,10,11,12,15). The van der Waals surface area contributed by atoms with Gasteiger partial charge in [-0.15, -0.1) is 0 Å². The van der Waals surface area contributed by atoms with Gasteiger partial charge in [0.1, 0.15) is 11.9 Å². The maximum atomic E-state index is 10.9. The second-order valence-corrected chi connectivity index (χ2v) is 3.49. The zero-order valence-electron chi connectivity index (χ0n) is 8.52. The third kappa shape index (κ3) is 3.08. The molecule has 0 saturated carbocycles. The fraction of sp³-hybridized carbons (Fsp3) is 0.444. The second kappa shape index (κ2) is 4.59. The summed E-state index contributed by atoms with van der Waals surface area (Å²) in [5.41, 5.74) is -0.507. The molecule has 15 heavy (non-hydrogen) atoms. The molecule has 0 radical (unpaired) electrons. The fourth-order valence-electron chi connectivity index (χ4n) is 1.13. The van der Waals surface area contributed by atoms with Crippen molar-refractivity contribution in [2.24, 2.45) is 5.92 Å². The van der Waals surface area contributed by atoms with Gasteiger partial charge in [0.2, 0.25) is 0 Å². The summed E-state index contributed by atoms with van der Waals surface area (Å²) in [5.74, 6) is -0.682. The molecule has 0 aliphatic heterocycles. The SMILES string of the molecule is CC(C)C(Nc1ccnc(=O)[nH]1)C(=O)O. The van der Waals surface area contributed by atoms with Crippen molar-refractivity contribution in [3.63, 3.8) is 0 Å². The Hall–Kier alpha value is -1.85. The molecule has 82 valence electrons. The number of hydrogen-bond donors (Lipinski definition) is 3. The molecule has 6 heteroatoms. The van der Waals surface area contributed by atoms with Gasteiger partial charge in [-0.3, -0.25) is 4.98 Å². The Bertz CT molecular complexity index is 400. The molecule has 1 aromatic rings. The van der Waals surface area contributed by atoms with Gasteiger partial charge in [0.05, 0.1) is 0 Å². The minimum atomic E-state index is -0.956. The number of carboxylic acid groups (broad SMARTS) is 1. The van der Waals surface area contributed by atoms with E-state index >= 15 is 0 Å². The van der Waals surface area contributed by atoms with Crippen molar-refractivity contribution in [1.29, 1.82) is 0 Å². The molecule has 0 amide bonds. The molecule has 0 saturated heterocycles. The largest absolute Gasteiger partial charge is 0.480 e. The summed E-state index contributed by atoms with van der Waals surface area (Å²) in [7, 11) is 0. The normalized spacial score (nSPS) is 12.5. The minimum absolute atomic E-state index is 0.0841. The lowest BCUT2D eigenvalue weighted by atomic mass is 10.1. The molecular formula is C9H13N3O3. The van der Waals surface area contributed by atoms with Gasteiger partial charge >= 0.3 is 11.7 Å². The van der Waals surface area contributed by atoms with E-state index in [0.717, 1.165) is 0 Å². The number of aromatic amines is 1. The highest BCUT2D eigenvalue weighted by Gasteiger charge is 2.21. The Kier molecular flexibility index (Phi) is 3.43. The quantitative estimate of drug-likeness (QED) is 0.665. The third-order valence-electron chi connectivity index (χ3n) is 1.92. The van der Waals surface area contributed by atoms with Gasteiger partial charge < -0.3 is 10.4 Å². The Morgan fingerprint density at radius 1 is 1.60 bits per heavy atom. The predicted molar refractivity (Wildman–Crippen MR) is 54.7 cm³/mol. The van der Waals surface area contributed by atoms with E-state index in [1.54, 1.807) is 13.8 Å². The number of H-pyrrole nitrogens is 1. The molecule has 0 aliphatic carbocycles. The van der Waals surface area contributed by atoms with Crippen molar-refractivity contribution in [3.05, 3.63) is 22.7 Å². The molecule has 0 bridgehead atoms. The van der Waals surface area contributed by atoms with Gasteiger partial charge in [0, 0.05) is 6.20 Å². The molecule has 1 atom stereocenters. The Morgan fingerprint density at radius 2 is 2.27 bits per heavy atom. The predicted octanol–water partition coefficient (Wildman–Crippen LogP) is 0.291. The van der Waals surface area contributed by atoms with Crippen LogP contribution in [-0.2, 0) is 4.79 Å². The van der Waals surface area contributed by atoms with Crippen LogP contribution in [0.25, 0.3) is 0 Å². The third-order valence-corrected chi connectivity index (χ3v) is 1.92. The summed E-state index contributed by atoms with van der Waals surface area (Å²) in [4.78, 5) is 27.6. The van der Waals surface area contributed by atoms with Crippen LogP contribution >= 0.6 is 0 Å².